The second-order valence-corrected chi connectivity index (χ2v) is 5.28. The highest BCUT2D eigenvalue weighted by molar-refractivity contribution is 5.89. The molecule has 1 aliphatic rings. The number of nitrogens with one attached hydrogen (secondary N) is 2. The lowest BCUT2D eigenvalue weighted by atomic mass is 9.99. The number of amides is 2. The number of benzene rings is 1. The van der Waals surface area contributed by atoms with Crippen molar-refractivity contribution in [3.8, 4) is 0 Å². The van der Waals surface area contributed by atoms with E-state index in [1.807, 2.05) is 31.3 Å². The molecule has 3 N–H and O–H groups in total. The van der Waals surface area contributed by atoms with E-state index in [0.29, 0.717) is 13.0 Å². The normalized spacial score (nSPS) is 18.3. The summed E-state index contributed by atoms with van der Waals surface area (Å²) in [5.74, 6) is -1.29. The van der Waals surface area contributed by atoms with Gasteiger partial charge in [-0.15, -0.1) is 0 Å². The lowest BCUT2D eigenvalue weighted by Crippen LogP contribution is -2.44. The maximum absolute atomic E-state index is 12.2. The standard InChI is InChI=1S/C15H21N3O3/c1-16-9-11-4-2-6-13(8-11)17-15(21)18-7-3-5-12(10-18)14(19)20/h2,4,6,8,12,16H,3,5,7,9-10H2,1H3,(H,17,21)(H,19,20)/t12-/m0/s1. The Balaban J connectivity index is 1.97. The Morgan fingerprint density at radius 3 is 2.95 bits per heavy atom. The Kier molecular flexibility index (Phi) is 5.16. The molecule has 6 heteroatoms. The summed E-state index contributed by atoms with van der Waals surface area (Å²) in [5.41, 5.74) is 1.81. The highest BCUT2D eigenvalue weighted by atomic mass is 16.4. The van der Waals surface area contributed by atoms with Crippen molar-refractivity contribution >= 4 is 17.7 Å². The summed E-state index contributed by atoms with van der Waals surface area (Å²) in [7, 11) is 1.87. The number of piperidine rings is 1. The number of carboxylic acids is 1. The summed E-state index contributed by atoms with van der Waals surface area (Å²) in [5, 5.41) is 15.0. The van der Waals surface area contributed by atoms with Gasteiger partial charge in [0.05, 0.1) is 5.92 Å². The first kappa shape index (κ1) is 15.3. The number of rotatable bonds is 4. The third-order valence-electron chi connectivity index (χ3n) is 3.62. The van der Waals surface area contributed by atoms with Crippen molar-refractivity contribution in [1.82, 2.24) is 10.2 Å². The summed E-state index contributed by atoms with van der Waals surface area (Å²) in [6.45, 7) is 1.61. The minimum absolute atomic E-state index is 0.234. The summed E-state index contributed by atoms with van der Waals surface area (Å²) >= 11 is 0. The average Bonchev–Trinajstić information content (AvgIpc) is 2.48. The van der Waals surface area contributed by atoms with E-state index in [1.54, 1.807) is 4.90 Å². The number of aliphatic carboxylic acids is 1. The largest absolute Gasteiger partial charge is 0.481 e. The molecule has 1 aromatic carbocycles. The van der Waals surface area contributed by atoms with E-state index >= 15 is 0 Å². The number of urea groups is 1. The van der Waals surface area contributed by atoms with E-state index in [9.17, 15) is 9.59 Å². The topological polar surface area (TPSA) is 81.7 Å². The number of hydrogen-bond acceptors (Lipinski definition) is 3. The monoisotopic (exact) mass is 291 g/mol. The van der Waals surface area contributed by atoms with Gasteiger partial charge in [-0.25, -0.2) is 4.79 Å². The minimum Gasteiger partial charge on any atom is -0.481 e. The lowest BCUT2D eigenvalue weighted by Gasteiger charge is -2.30. The summed E-state index contributed by atoms with van der Waals surface area (Å²) < 4.78 is 0. The maximum atomic E-state index is 12.2. The van der Waals surface area contributed by atoms with Gasteiger partial charge in [0.1, 0.15) is 0 Å². The Labute approximate surface area is 124 Å². The molecule has 1 fully saturated rings. The van der Waals surface area contributed by atoms with Gasteiger partial charge in [-0.2, -0.15) is 0 Å². The van der Waals surface area contributed by atoms with Gasteiger partial charge in [0.2, 0.25) is 0 Å². The molecule has 1 heterocycles. The molecule has 1 aromatic rings. The lowest BCUT2D eigenvalue weighted by molar-refractivity contribution is -0.143. The third kappa shape index (κ3) is 4.19. The molecule has 0 unspecified atom stereocenters. The van der Waals surface area contributed by atoms with Gasteiger partial charge in [0, 0.05) is 25.3 Å². The fraction of sp³-hybridized carbons (Fsp3) is 0.467. The smallest absolute Gasteiger partial charge is 0.321 e. The van der Waals surface area contributed by atoms with E-state index in [2.05, 4.69) is 10.6 Å². The van der Waals surface area contributed by atoms with E-state index in [1.165, 1.54) is 0 Å². The first-order valence-corrected chi connectivity index (χ1v) is 7.12. The van der Waals surface area contributed by atoms with Crippen LogP contribution in [0.5, 0.6) is 0 Å². The highest BCUT2D eigenvalue weighted by Crippen LogP contribution is 2.18. The van der Waals surface area contributed by atoms with Crippen LogP contribution in [0.2, 0.25) is 0 Å². The quantitative estimate of drug-likeness (QED) is 0.789. The molecule has 0 spiro atoms. The first-order valence-electron chi connectivity index (χ1n) is 7.12. The van der Waals surface area contributed by atoms with Crippen LogP contribution in [0.15, 0.2) is 24.3 Å². The van der Waals surface area contributed by atoms with Crippen molar-refractivity contribution in [3.05, 3.63) is 29.8 Å². The molecule has 21 heavy (non-hydrogen) atoms. The average molecular weight is 291 g/mol. The van der Waals surface area contributed by atoms with Crippen LogP contribution < -0.4 is 10.6 Å². The van der Waals surface area contributed by atoms with Gasteiger partial charge in [-0.3, -0.25) is 4.79 Å². The van der Waals surface area contributed by atoms with Gasteiger partial charge in [-0.1, -0.05) is 12.1 Å². The second-order valence-electron chi connectivity index (χ2n) is 5.28. The van der Waals surface area contributed by atoms with Crippen LogP contribution in [0.4, 0.5) is 10.5 Å². The zero-order valence-corrected chi connectivity index (χ0v) is 12.1. The highest BCUT2D eigenvalue weighted by Gasteiger charge is 2.28. The fourth-order valence-corrected chi connectivity index (χ4v) is 2.53. The van der Waals surface area contributed by atoms with Gasteiger partial charge in [-0.05, 0) is 37.6 Å². The Morgan fingerprint density at radius 1 is 1.43 bits per heavy atom. The van der Waals surface area contributed by atoms with Crippen LogP contribution in [0, 0.1) is 5.92 Å². The summed E-state index contributed by atoms with van der Waals surface area (Å²) in [6.07, 6.45) is 1.36. The Bertz CT molecular complexity index is 519. The van der Waals surface area contributed by atoms with E-state index in [-0.39, 0.29) is 12.6 Å². The van der Waals surface area contributed by atoms with Crippen molar-refractivity contribution in [2.75, 3.05) is 25.5 Å². The van der Waals surface area contributed by atoms with Gasteiger partial charge >= 0.3 is 12.0 Å². The predicted octanol–water partition coefficient (Wildman–Crippen LogP) is 1.73. The number of carboxylic acid groups (broad SMARTS) is 1. The van der Waals surface area contributed by atoms with Crippen LogP contribution in [-0.2, 0) is 11.3 Å². The van der Waals surface area contributed by atoms with Gasteiger partial charge in [0.15, 0.2) is 0 Å². The Morgan fingerprint density at radius 2 is 2.24 bits per heavy atom. The molecular formula is C15H21N3O3. The third-order valence-corrected chi connectivity index (χ3v) is 3.62. The molecule has 0 radical (unpaired) electrons. The minimum atomic E-state index is -0.830. The van der Waals surface area contributed by atoms with Crippen LogP contribution in [0.1, 0.15) is 18.4 Å². The van der Waals surface area contributed by atoms with Crippen molar-refractivity contribution < 1.29 is 14.7 Å². The van der Waals surface area contributed by atoms with Gasteiger partial charge in [0.25, 0.3) is 0 Å². The Hall–Kier alpha value is -2.08. The van der Waals surface area contributed by atoms with Crippen LogP contribution >= 0.6 is 0 Å². The molecule has 2 rings (SSSR count). The number of nitrogens with zero attached hydrogens (tertiary/aromatic N) is 1. The molecule has 0 aliphatic carbocycles. The maximum Gasteiger partial charge on any atom is 0.321 e. The molecule has 114 valence electrons. The van der Waals surface area contributed by atoms with Crippen molar-refractivity contribution in [3.63, 3.8) is 0 Å². The molecule has 0 bridgehead atoms. The van der Waals surface area contributed by atoms with E-state index in [0.717, 1.165) is 24.2 Å². The molecule has 1 atom stereocenters. The molecule has 0 saturated carbocycles. The summed E-state index contributed by atoms with van der Waals surface area (Å²) in [6, 6.07) is 7.37. The van der Waals surface area contributed by atoms with Crippen molar-refractivity contribution in [1.29, 1.82) is 0 Å². The number of carbonyl (C=O) groups excluding carboxylic acids is 1. The summed E-state index contributed by atoms with van der Waals surface area (Å²) in [4.78, 5) is 24.8. The van der Waals surface area contributed by atoms with Crippen LogP contribution in [-0.4, -0.2) is 42.1 Å². The fourth-order valence-electron chi connectivity index (χ4n) is 2.53. The van der Waals surface area contributed by atoms with Crippen molar-refractivity contribution in [2.24, 2.45) is 5.92 Å². The van der Waals surface area contributed by atoms with Crippen molar-refractivity contribution in [2.45, 2.75) is 19.4 Å². The molecule has 1 saturated heterocycles. The van der Waals surface area contributed by atoms with Gasteiger partial charge < -0.3 is 20.6 Å². The zero-order valence-electron chi connectivity index (χ0n) is 12.1. The SMILES string of the molecule is CNCc1cccc(NC(=O)N2CCC[C@H](C(=O)O)C2)c1. The first-order chi connectivity index (χ1) is 10.1. The number of likely N-dealkylation sites (tertiary alicyclic amines) is 1. The molecule has 1 aliphatic heterocycles. The second kappa shape index (κ2) is 7.08. The number of carbonyl (C=O) groups is 2. The van der Waals surface area contributed by atoms with Crippen LogP contribution in [0.25, 0.3) is 0 Å². The van der Waals surface area contributed by atoms with E-state index in [4.69, 9.17) is 5.11 Å². The number of hydrogen-bond donors (Lipinski definition) is 3. The zero-order chi connectivity index (χ0) is 15.2. The molecular weight excluding hydrogens is 270 g/mol. The molecule has 6 nitrogen and oxygen atoms in total. The van der Waals surface area contributed by atoms with Crippen LogP contribution in [0.3, 0.4) is 0 Å². The van der Waals surface area contributed by atoms with E-state index < -0.39 is 11.9 Å². The number of anilines is 1. The molecule has 2 amide bonds. The molecule has 0 aromatic heterocycles. The predicted molar refractivity (Wildman–Crippen MR) is 80.2 cm³/mol.